The number of aliphatic carboxylic acids is 1. The molecule has 0 aliphatic carbocycles. The predicted molar refractivity (Wildman–Crippen MR) is 99.4 cm³/mol. The molecule has 0 amide bonds. The Morgan fingerprint density at radius 1 is 0.920 bits per heavy atom. The molecule has 25 heavy (non-hydrogen) atoms. The maximum atomic E-state index is 12.1. The van der Waals surface area contributed by atoms with Crippen LogP contribution in [0.5, 0.6) is 0 Å². The van der Waals surface area contributed by atoms with Crippen LogP contribution in [0.2, 0.25) is 0 Å². The van der Waals surface area contributed by atoms with E-state index in [-0.39, 0.29) is 24.9 Å². The standard InChI is InChI=1S/C21H32O4/c1-2-3-4-5-6-10-15-19(18-13-8-7-9-14-18)25-21(24)17-12-11-16-20(22)23/h7-9,13-14,19H,2-6,10-12,15-17H2,1H3,(H,22,23). The third-order valence-electron chi connectivity index (χ3n) is 4.29. The molecular weight excluding hydrogens is 316 g/mol. The quantitative estimate of drug-likeness (QED) is 0.348. The molecule has 1 atom stereocenters. The van der Waals surface area contributed by atoms with Crippen LogP contribution in [0.25, 0.3) is 0 Å². The van der Waals surface area contributed by atoms with E-state index in [0.717, 1.165) is 18.4 Å². The molecular formula is C21H32O4. The molecule has 1 aromatic rings. The Labute approximate surface area is 151 Å². The zero-order valence-electron chi connectivity index (χ0n) is 15.4. The van der Waals surface area contributed by atoms with Crippen molar-refractivity contribution in [2.75, 3.05) is 0 Å². The van der Waals surface area contributed by atoms with E-state index in [1.54, 1.807) is 0 Å². The molecule has 0 bridgehead atoms. The van der Waals surface area contributed by atoms with E-state index in [0.29, 0.717) is 12.8 Å². The molecule has 0 saturated carbocycles. The van der Waals surface area contributed by atoms with Crippen LogP contribution in [-0.4, -0.2) is 17.0 Å². The van der Waals surface area contributed by atoms with Gasteiger partial charge in [-0.25, -0.2) is 0 Å². The number of unbranched alkanes of at least 4 members (excludes halogenated alkanes) is 6. The van der Waals surface area contributed by atoms with Crippen molar-refractivity contribution in [2.45, 2.75) is 83.7 Å². The van der Waals surface area contributed by atoms with Gasteiger partial charge in [-0.05, 0) is 31.2 Å². The summed E-state index contributed by atoms with van der Waals surface area (Å²) in [7, 11) is 0. The topological polar surface area (TPSA) is 63.6 Å². The van der Waals surface area contributed by atoms with Crippen LogP contribution in [-0.2, 0) is 14.3 Å². The lowest BCUT2D eigenvalue weighted by Crippen LogP contribution is -2.11. The fourth-order valence-corrected chi connectivity index (χ4v) is 2.83. The second kappa shape index (κ2) is 13.5. The van der Waals surface area contributed by atoms with Crippen molar-refractivity contribution in [3.8, 4) is 0 Å². The Balaban J connectivity index is 2.40. The molecule has 1 aromatic carbocycles. The minimum atomic E-state index is -0.821. The van der Waals surface area contributed by atoms with Crippen LogP contribution in [0.4, 0.5) is 0 Å². The van der Waals surface area contributed by atoms with Gasteiger partial charge in [-0.3, -0.25) is 9.59 Å². The molecule has 0 aromatic heterocycles. The fraction of sp³-hybridized carbons (Fsp3) is 0.619. The maximum Gasteiger partial charge on any atom is 0.306 e. The van der Waals surface area contributed by atoms with Crippen LogP contribution in [0.1, 0.15) is 89.2 Å². The van der Waals surface area contributed by atoms with E-state index in [4.69, 9.17) is 9.84 Å². The molecule has 0 saturated heterocycles. The number of carbonyl (C=O) groups is 2. The number of benzene rings is 1. The second-order valence-electron chi connectivity index (χ2n) is 6.55. The molecule has 1 N–H and O–H groups in total. The van der Waals surface area contributed by atoms with Gasteiger partial charge in [-0.1, -0.05) is 69.4 Å². The molecule has 0 heterocycles. The number of carboxylic acid groups (broad SMARTS) is 1. The number of ether oxygens (including phenoxy) is 1. The zero-order chi connectivity index (χ0) is 18.3. The van der Waals surface area contributed by atoms with Crippen LogP contribution in [0, 0.1) is 0 Å². The smallest absolute Gasteiger partial charge is 0.306 e. The minimum Gasteiger partial charge on any atom is -0.481 e. The molecule has 0 fully saturated rings. The molecule has 4 heteroatoms. The Morgan fingerprint density at radius 3 is 2.24 bits per heavy atom. The summed E-state index contributed by atoms with van der Waals surface area (Å²) in [6.07, 6.45) is 9.36. The summed E-state index contributed by atoms with van der Waals surface area (Å²) in [4.78, 5) is 22.6. The molecule has 4 nitrogen and oxygen atoms in total. The van der Waals surface area contributed by atoms with Crippen molar-refractivity contribution in [2.24, 2.45) is 0 Å². The largest absolute Gasteiger partial charge is 0.481 e. The van der Waals surface area contributed by atoms with Crippen molar-refractivity contribution < 1.29 is 19.4 Å². The summed E-state index contributed by atoms with van der Waals surface area (Å²) >= 11 is 0. The molecule has 1 unspecified atom stereocenters. The van der Waals surface area contributed by atoms with Gasteiger partial charge in [0.15, 0.2) is 0 Å². The summed E-state index contributed by atoms with van der Waals surface area (Å²) in [6, 6.07) is 9.88. The van der Waals surface area contributed by atoms with E-state index in [1.807, 2.05) is 30.3 Å². The molecule has 0 aliphatic heterocycles. The van der Waals surface area contributed by atoms with Crippen molar-refractivity contribution in [1.82, 2.24) is 0 Å². The highest BCUT2D eigenvalue weighted by Gasteiger charge is 2.16. The molecule has 0 radical (unpaired) electrons. The van der Waals surface area contributed by atoms with Gasteiger partial charge in [0.1, 0.15) is 6.10 Å². The Bertz CT molecular complexity index is 484. The number of rotatable bonds is 14. The van der Waals surface area contributed by atoms with Gasteiger partial charge in [0, 0.05) is 12.8 Å². The van der Waals surface area contributed by atoms with E-state index < -0.39 is 5.97 Å². The first kappa shape index (κ1) is 21.2. The van der Waals surface area contributed by atoms with Crippen molar-refractivity contribution >= 4 is 11.9 Å². The lowest BCUT2D eigenvalue weighted by Gasteiger charge is -2.18. The first-order chi connectivity index (χ1) is 12.1. The summed E-state index contributed by atoms with van der Waals surface area (Å²) in [5, 5.41) is 8.63. The Kier molecular flexibility index (Phi) is 11.4. The lowest BCUT2D eigenvalue weighted by atomic mass is 10.0. The maximum absolute atomic E-state index is 12.1. The van der Waals surface area contributed by atoms with Crippen LogP contribution < -0.4 is 0 Å². The van der Waals surface area contributed by atoms with Crippen molar-refractivity contribution in [3.63, 3.8) is 0 Å². The number of carbonyl (C=O) groups excluding carboxylic acids is 1. The highest BCUT2D eigenvalue weighted by molar-refractivity contribution is 5.70. The number of esters is 1. The summed E-state index contributed by atoms with van der Waals surface area (Å²) in [6.45, 7) is 2.21. The number of carboxylic acids is 1. The highest BCUT2D eigenvalue weighted by Crippen LogP contribution is 2.25. The fourth-order valence-electron chi connectivity index (χ4n) is 2.83. The van der Waals surface area contributed by atoms with Gasteiger partial charge < -0.3 is 9.84 Å². The second-order valence-corrected chi connectivity index (χ2v) is 6.55. The predicted octanol–water partition coefficient (Wildman–Crippen LogP) is 5.67. The summed E-state index contributed by atoms with van der Waals surface area (Å²) in [5.74, 6) is -1.05. The average Bonchev–Trinajstić information content (AvgIpc) is 2.61. The zero-order valence-corrected chi connectivity index (χ0v) is 15.4. The van der Waals surface area contributed by atoms with Crippen LogP contribution >= 0.6 is 0 Å². The molecule has 0 spiro atoms. The molecule has 0 aliphatic rings. The van der Waals surface area contributed by atoms with Crippen molar-refractivity contribution in [1.29, 1.82) is 0 Å². The SMILES string of the molecule is CCCCCCCCC(OC(=O)CCCCC(=O)O)c1ccccc1. The number of hydrogen-bond donors (Lipinski definition) is 1. The highest BCUT2D eigenvalue weighted by atomic mass is 16.5. The van der Waals surface area contributed by atoms with Gasteiger partial charge in [-0.15, -0.1) is 0 Å². The third-order valence-corrected chi connectivity index (χ3v) is 4.29. The first-order valence-corrected chi connectivity index (χ1v) is 9.59. The first-order valence-electron chi connectivity index (χ1n) is 9.59. The summed E-state index contributed by atoms with van der Waals surface area (Å²) in [5.41, 5.74) is 1.04. The van der Waals surface area contributed by atoms with E-state index in [2.05, 4.69) is 6.92 Å². The van der Waals surface area contributed by atoms with Gasteiger partial charge in [0.05, 0.1) is 0 Å². The monoisotopic (exact) mass is 348 g/mol. The van der Waals surface area contributed by atoms with Gasteiger partial charge in [0.25, 0.3) is 0 Å². The van der Waals surface area contributed by atoms with Crippen molar-refractivity contribution in [3.05, 3.63) is 35.9 Å². The van der Waals surface area contributed by atoms with Crippen LogP contribution in [0.3, 0.4) is 0 Å². The average molecular weight is 348 g/mol. The lowest BCUT2D eigenvalue weighted by molar-refractivity contribution is -0.150. The summed E-state index contributed by atoms with van der Waals surface area (Å²) < 4.78 is 5.68. The Morgan fingerprint density at radius 2 is 1.56 bits per heavy atom. The van der Waals surface area contributed by atoms with Gasteiger partial charge in [-0.2, -0.15) is 0 Å². The van der Waals surface area contributed by atoms with Gasteiger partial charge >= 0.3 is 11.9 Å². The van der Waals surface area contributed by atoms with Crippen LogP contribution in [0.15, 0.2) is 30.3 Å². The molecule has 1 rings (SSSR count). The molecule has 140 valence electrons. The number of hydrogen-bond acceptors (Lipinski definition) is 3. The normalized spacial score (nSPS) is 11.9. The van der Waals surface area contributed by atoms with E-state index in [1.165, 1.54) is 32.1 Å². The van der Waals surface area contributed by atoms with E-state index >= 15 is 0 Å². The minimum absolute atomic E-state index is 0.104. The van der Waals surface area contributed by atoms with E-state index in [9.17, 15) is 9.59 Å². The van der Waals surface area contributed by atoms with Gasteiger partial charge in [0.2, 0.25) is 0 Å². The third kappa shape index (κ3) is 10.6. The Hall–Kier alpha value is -1.84.